The van der Waals surface area contributed by atoms with Crippen molar-refractivity contribution in [1.82, 2.24) is 15.0 Å². The van der Waals surface area contributed by atoms with Crippen LogP contribution in [0.1, 0.15) is 0 Å². The minimum Gasteiger partial charge on any atom is -0.264 e. The van der Waals surface area contributed by atoms with Crippen molar-refractivity contribution in [2.24, 2.45) is 0 Å². The molecule has 0 aliphatic carbocycles. The molecule has 0 N–H and O–H groups in total. The Hall–Kier alpha value is -5.93. The lowest BCUT2D eigenvalue weighted by molar-refractivity contribution is 1.19. The van der Waals surface area contributed by atoms with Crippen LogP contribution >= 0.6 is 0 Å². The fourth-order valence-electron chi connectivity index (χ4n) is 5.89. The van der Waals surface area contributed by atoms with Crippen LogP contribution in [0.4, 0.5) is 0 Å². The molecular formula is C41H27N3. The van der Waals surface area contributed by atoms with Gasteiger partial charge in [0.05, 0.1) is 11.4 Å². The number of benzene rings is 6. The highest BCUT2D eigenvalue weighted by Gasteiger charge is 2.15. The van der Waals surface area contributed by atoms with Crippen LogP contribution in [0.5, 0.6) is 0 Å². The van der Waals surface area contributed by atoms with E-state index in [-0.39, 0.29) is 0 Å². The summed E-state index contributed by atoms with van der Waals surface area (Å²) >= 11 is 0. The molecule has 0 bridgehead atoms. The largest absolute Gasteiger partial charge is 0.264 e. The van der Waals surface area contributed by atoms with Crippen molar-refractivity contribution in [2.75, 3.05) is 0 Å². The molecule has 0 amide bonds. The van der Waals surface area contributed by atoms with Gasteiger partial charge in [0.25, 0.3) is 0 Å². The van der Waals surface area contributed by atoms with Crippen molar-refractivity contribution in [1.29, 1.82) is 0 Å². The average molecular weight is 562 g/mol. The van der Waals surface area contributed by atoms with Crippen LogP contribution in [0.2, 0.25) is 0 Å². The van der Waals surface area contributed by atoms with Crippen molar-refractivity contribution in [3.05, 3.63) is 164 Å². The van der Waals surface area contributed by atoms with E-state index in [4.69, 9.17) is 9.97 Å². The van der Waals surface area contributed by atoms with Crippen LogP contribution in [-0.2, 0) is 0 Å². The molecule has 2 heterocycles. The molecule has 6 aromatic carbocycles. The number of hydrogen-bond acceptors (Lipinski definition) is 3. The van der Waals surface area contributed by atoms with Gasteiger partial charge in [0, 0.05) is 34.6 Å². The van der Waals surface area contributed by atoms with Crippen LogP contribution in [-0.4, -0.2) is 15.0 Å². The van der Waals surface area contributed by atoms with Gasteiger partial charge in [-0.1, -0.05) is 115 Å². The van der Waals surface area contributed by atoms with E-state index in [0.29, 0.717) is 5.82 Å². The second kappa shape index (κ2) is 11.0. The summed E-state index contributed by atoms with van der Waals surface area (Å²) in [6, 6.07) is 53.1. The first kappa shape index (κ1) is 25.8. The van der Waals surface area contributed by atoms with E-state index in [9.17, 15) is 0 Å². The lowest BCUT2D eigenvalue weighted by Gasteiger charge is -2.14. The van der Waals surface area contributed by atoms with Gasteiger partial charge in [0.1, 0.15) is 0 Å². The van der Waals surface area contributed by atoms with Crippen LogP contribution in [0.25, 0.3) is 77.7 Å². The predicted octanol–water partition coefficient (Wildman–Crippen LogP) is 10.5. The lowest BCUT2D eigenvalue weighted by atomic mass is 9.94. The summed E-state index contributed by atoms with van der Waals surface area (Å²) in [6.45, 7) is 0. The molecule has 0 saturated carbocycles. The van der Waals surface area contributed by atoms with Gasteiger partial charge in [-0.15, -0.1) is 0 Å². The number of nitrogens with zero attached hydrogens (tertiary/aromatic N) is 3. The van der Waals surface area contributed by atoms with Crippen molar-refractivity contribution in [3.63, 3.8) is 0 Å². The molecule has 8 rings (SSSR count). The fraction of sp³-hybridized carbons (Fsp3) is 0. The van der Waals surface area contributed by atoms with E-state index in [1.165, 1.54) is 16.3 Å². The van der Waals surface area contributed by atoms with E-state index >= 15 is 0 Å². The first-order chi connectivity index (χ1) is 21.8. The van der Waals surface area contributed by atoms with Crippen LogP contribution < -0.4 is 0 Å². The highest BCUT2D eigenvalue weighted by molar-refractivity contribution is 6.00. The molecule has 3 heteroatoms. The standard InChI is InChI=1S/C41H27N3/c1-3-10-28(11-4-1)36-24-33-14-7-8-16-37(33)38(25-36)40-26-39(43-41(44-40)29-12-5-2-6-13-29)34-20-19-30-22-32(18-17-31(30)23-34)35-15-9-21-42-27-35/h1-27H. The van der Waals surface area contributed by atoms with E-state index < -0.39 is 0 Å². The summed E-state index contributed by atoms with van der Waals surface area (Å²) in [5.41, 5.74) is 9.52. The molecule has 0 atom stereocenters. The predicted molar refractivity (Wildman–Crippen MR) is 182 cm³/mol. The summed E-state index contributed by atoms with van der Waals surface area (Å²) in [6.07, 6.45) is 3.71. The van der Waals surface area contributed by atoms with Crippen molar-refractivity contribution in [3.8, 4) is 56.2 Å². The van der Waals surface area contributed by atoms with Crippen LogP contribution in [0, 0.1) is 0 Å². The zero-order valence-electron chi connectivity index (χ0n) is 23.9. The van der Waals surface area contributed by atoms with Gasteiger partial charge < -0.3 is 0 Å². The van der Waals surface area contributed by atoms with Gasteiger partial charge in [-0.2, -0.15) is 0 Å². The molecule has 0 radical (unpaired) electrons. The number of fused-ring (bicyclic) bond motifs is 2. The third-order valence-electron chi connectivity index (χ3n) is 8.13. The van der Waals surface area contributed by atoms with Crippen LogP contribution in [0.3, 0.4) is 0 Å². The molecule has 8 aromatic rings. The first-order valence-corrected chi connectivity index (χ1v) is 14.8. The molecule has 0 fully saturated rings. The highest BCUT2D eigenvalue weighted by atomic mass is 14.9. The van der Waals surface area contributed by atoms with E-state index in [1.807, 2.05) is 30.5 Å². The maximum atomic E-state index is 5.17. The van der Waals surface area contributed by atoms with Gasteiger partial charge in [0.2, 0.25) is 0 Å². The summed E-state index contributed by atoms with van der Waals surface area (Å²) in [5, 5.41) is 4.68. The Bertz CT molecular complexity index is 2260. The molecule has 0 spiro atoms. The highest BCUT2D eigenvalue weighted by Crippen LogP contribution is 2.36. The zero-order valence-corrected chi connectivity index (χ0v) is 23.9. The number of pyridine rings is 1. The Morgan fingerprint density at radius 1 is 0.364 bits per heavy atom. The maximum Gasteiger partial charge on any atom is 0.160 e. The van der Waals surface area contributed by atoms with Gasteiger partial charge in [-0.25, -0.2) is 9.97 Å². The number of aromatic nitrogens is 3. The molecular weight excluding hydrogens is 534 g/mol. The van der Waals surface area contributed by atoms with E-state index in [1.54, 1.807) is 6.20 Å². The van der Waals surface area contributed by atoms with Gasteiger partial charge in [-0.3, -0.25) is 4.98 Å². The Kier molecular flexibility index (Phi) is 6.47. The van der Waals surface area contributed by atoms with Crippen molar-refractivity contribution < 1.29 is 0 Å². The summed E-state index contributed by atoms with van der Waals surface area (Å²) < 4.78 is 0. The summed E-state index contributed by atoms with van der Waals surface area (Å²) in [7, 11) is 0. The minimum absolute atomic E-state index is 0.708. The van der Waals surface area contributed by atoms with E-state index in [0.717, 1.165) is 55.5 Å². The van der Waals surface area contributed by atoms with Gasteiger partial charge in [-0.05, 0) is 74.6 Å². The Labute approximate surface area is 256 Å². The summed E-state index contributed by atoms with van der Waals surface area (Å²) in [5.74, 6) is 0.708. The zero-order chi connectivity index (χ0) is 29.3. The van der Waals surface area contributed by atoms with Crippen LogP contribution in [0.15, 0.2) is 164 Å². The third-order valence-corrected chi connectivity index (χ3v) is 8.13. The van der Waals surface area contributed by atoms with Crippen molar-refractivity contribution in [2.45, 2.75) is 0 Å². The first-order valence-electron chi connectivity index (χ1n) is 14.8. The monoisotopic (exact) mass is 561 g/mol. The van der Waals surface area contributed by atoms with E-state index in [2.05, 4.69) is 132 Å². The fourth-order valence-corrected chi connectivity index (χ4v) is 5.89. The third kappa shape index (κ3) is 4.91. The van der Waals surface area contributed by atoms with Gasteiger partial charge >= 0.3 is 0 Å². The second-order valence-electron chi connectivity index (χ2n) is 11.0. The molecule has 206 valence electrons. The Balaban J connectivity index is 1.31. The molecule has 44 heavy (non-hydrogen) atoms. The number of rotatable bonds is 5. The average Bonchev–Trinajstić information content (AvgIpc) is 3.11. The number of hydrogen-bond donors (Lipinski definition) is 0. The molecule has 0 unspecified atom stereocenters. The van der Waals surface area contributed by atoms with Crippen molar-refractivity contribution >= 4 is 21.5 Å². The normalized spacial score (nSPS) is 11.2. The summed E-state index contributed by atoms with van der Waals surface area (Å²) in [4.78, 5) is 14.6. The maximum absolute atomic E-state index is 5.17. The lowest BCUT2D eigenvalue weighted by Crippen LogP contribution is -1.97. The molecule has 0 aliphatic heterocycles. The molecule has 0 aliphatic rings. The second-order valence-corrected chi connectivity index (χ2v) is 11.0. The Morgan fingerprint density at radius 3 is 1.77 bits per heavy atom. The van der Waals surface area contributed by atoms with Gasteiger partial charge in [0.15, 0.2) is 5.82 Å². The Morgan fingerprint density at radius 2 is 1.00 bits per heavy atom. The molecule has 2 aromatic heterocycles. The SMILES string of the molecule is c1ccc(-c2cc(-c3cc(-c4ccc5cc(-c6cccnc6)ccc5c4)nc(-c4ccccc4)n3)c3ccccc3c2)cc1. The quantitative estimate of drug-likeness (QED) is 0.210. The minimum atomic E-state index is 0.708. The smallest absolute Gasteiger partial charge is 0.160 e. The molecule has 0 saturated heterocycles. The topological polar surface area (TPSA) is 38.7 Å². The molecule has 3 nitrogen and oxygen atoms in total.